The van der Waals surface area contributed by atoms with Crippen molar-refractivity contribution in [1.82, 2.24) is 5.32 Å². The summed E-state index contributed by atoms with van der Waals surface area (Å²) in [5.41, 5.74) is 2.00. The molecule has 1 unspecified atom stereocenters. The highest BCUT2D eigenvalue weighted by molar-refractivity contribution is 9.10. The highest BCUT2D eigenvalue weighted by atomic mass is 79.9. The average Bonchev–Trinajstić information content (AvgIpc) is 2.27. The summed E-state index contributed by atoms with van der Waals surface area (Å²) in [6, 6.07) is 5.80. The van der Waals surface area contributed by atoms with E-state index in [0.717, 1.165) is 10.0 Å². The zero-order valence-electron chi connectivity index (χ0n) is 11.8. The van der Waals surface area contributed by atoms with Gasteiger partial charge in [0.15, 0.2) is 0 Å². The molecule has 0 radical (unpaired) electrons. The first kappa shape index (κ1) is 15.2. The van der Waals surface area contributed by atoms with Crippen LogP contribution in [0.25, 0.3) is 0 Å². The summed E-state index contributed by atoms with van der Waals surface area (Å²) in [4.78, 5) is 12.1. The number of carbonyl (C=O) groups is 1. The Morgan fingerprint density at radius 1 is 1.39 bits per heavy atom. The highest BCUT2D eigenvalue weighted by Crippen LogP contribution is 2.24. The molecule has 0 aliphatic heterocycles. The second kappa shape index (κ2) is 5.87. The lowest BCUT2D eigenvalue weighted by Gasteiger charge is -2.27. The van der Waals surface area contributed by atoms with Gasteiger partial charge < -0.3 is 5.32 Å². The van der Waals surface area contributed by atoms with Gasteiger partial charge in [-0.05, 0) is 46.3 Å². The zero-order valence-corrected chi connectivity index (χ0v) is 13.4. The molecule has 0 heterocycles. The largest absolute Gasteiger partial charge is 0.352 e. The summed E-state index contributed by atoms with van der Waals surface area (Å²) in [6.45, 7) is 11.4. The van der Waals surface area contributed by atoms with Crippen molar-refractivity contribution in [2.75, 3.05) is 6.54 Å². The molecule has 0 aliphatic carbocycles. The Kier molecular flexibility index (Phi) is 4.97. The number of amides is 1. The first-order valence-corrected chi connectivity index (χ1v) is 7.05. The molecule has 100 valence electrons. The summed E-state index contributed by atoms with van der Waals surface area (Å²) >= 11 is 3.42. The summed E-state index contributed by atoms with van der Waals surface area (Å²) < 4.78 is 0.842. The maximum absolute atomic E-state index is 12.1. The van der Waals surface area contributed by atoms with Crippen LogP contribution in [0.5, 0.6) is 0 Å². The van der Waals surface area contributed by atoms with Crippen LogP contribution in [0.1, 0.15) is 43.6 Å². The van der Waals surface area contributed by atoms with Crippen molar-refractivity contribution in [2.45, 2.75) is 34.6 Å². The lowest BCUT2D eigenvalue weighted by atomic mass is 9.82. The van der Waals surface area contributed by atoms with Gasteiger partial charge in [-0.15, -0.1) is 0 Å². The van der Waals surface area contributed by atoms with Gasteiger partial charge in [-0.25, -0.2) is 0 Å². The number of aryl methyl sites for hydroxylation is 1. The van der Waals surface area contributed by atoms with Crippen LogP contribution in [-0.2, 0) is 0 Å². The van der Waals surface area contributed by atoms with Crippen LogP contribution in [0.15, 0.2) is 22.7 Å². The predicted octanol–water partition coefficient (Wildman–Crippen LogP) is 4.17. The van der Waals surface area contributed by atoms with Crippen LogP contribution in [0.4, 0.5) is 0 Å². The maximum atomic E-state index is 12.1. The van der Waals surface area contributed by atoms with Gasteiger partial charge in [0, 0.05) is 11.0 Å². The van der Waals surface area contributed by atoms with E-state index in [1.165, 1.54) is 0 Å². The molecule has 1 aromatic rings. The van der Waals surface area contributed by atoms with Gasteiger partial charge in [0.1, 0.15) is 0 Å². The van der Waals surface area contributed by atoms with Crippen molar-refractivity contribution in [1.29, 1.82) is 0 Å². The minimum absolute atomic E-state index is 0.0123. The third kappa shape index (κ3) is 4.13. The number of hydrogen-bond acceptors (Lipinski definition) is 1. The van der Waals surface area contributed by atoms with Gasteiger partial charge >= 0.3 is 0 Å². The molecule has 2 nitrogen and oxygen atoms in total. The van der Waals surface area contributed by atoms with Gasteiger partial charge in [-0.2, -0.15) is 0 Å². The molecule has 0 saturated carbocycles. The van der Waals surface area contributed by atoms with E-state index in [-0.39, 0.29) is 11.3 Å². The molecule has 1 atom stereocenters. The predicted molar refractivity (Wildman–Crippen MR) is 79.8 cm³/mol. The second-order valence-electron chi connectivity index (χ2n) is 5.96. The topological polar surface area (TPSA) is 29.1 Å². The molecule has 1 aromatic carbocycles. The second-order valence-corrected chi connectivity index (χ2v) is 6.81. The number of carbonyl (C=O) groups excluding carboxylic acids is 1. The van der Waals surface area contributed by atoms with Gasteiger partial charge in [-0.3, -0.25) is 4.79 Å². The van der Waals surface area contributed by atoms with Crippen LogP contribution >= 0.6 is 15.9 Å². The van der Waals surface area contributed by atoms with Gasteiger partial charge in [0.05, 0.1) is 5.56 Å². The molecule has 1 rings (SSSR count). The van der Waals surface area contributed by atoms with Crippen molar-refractivity contribution >= 4 is 21.8 Å². The normalized spacial score (nSPS) is 13.2. The van der Waals surface area contributed by atoms with E-state index < -0.39 is 0 Å². The maximum Gasteiger partial charge on any atom is 0.252 e. The van der Waals surface area contributed by atoms with Crippen molar-refractivity contribution < 1.29 is 4.79 Å². The summed E-state index contributed by atoms with van der Waals surface area (Å²) in [5.74, 6) is 0.423. The third-order valence-corrected chi connectivity index (χ3v) is 4.11. The lowest BCUT2D eigenvalue weighted by molar-refractivity contribution is 0.0936. The fraction of sp³-hybridized carbons (Fsp3) is 0.533. The molecule has 3 heteroatoms. The van der Waals surface area contributed by atoms with E-state index in [9.17, 15) is 4.79 Å². The number of rotatable bonds is 3. The summed E-state index contributed by atoms with van der Waals surface area (Å²) in [6.07, 6.45) is 0. The monoisotopic (exact) mass is 311 g/mol. The lowest BCUT2D eigenvalue weighted by Crippen LogP contribution is -2.33. The fourth-order valence-electron chi connectivity index (χ4n) is 1.46. The van der Waals surface area contributed by atoms with Crippen LogP contribution in [-0.4, -0.2) is 12.5 Å². The van der Waals surface area contributed by atoms with E-state index in [1.807, 2.05) is 25.1 Å². The summed E-state index contributed by atoms with van der Waals surface area (Å²) in [7, 11) is 0. The Morgan fingerprint density at radius 3 is 2.56 bits per heavy atom. The van der Waals surface area contributed by atoms with E-state index in [4.69, 9.17) is 0 Å². The third-order valence-electron chi connectivity index (χ3n) is 3.41. The Morgan fingerprint density at radius 2 is 2.00 bits per heavy atom. The van der Waals surface area contributed by atoms with Crippen molar-refractivity contribution in [3.63, 3.8) is 0 Å². The van der Waals surface area contributed by atoms with Crippen molar-refractivity contribution in [3.8, 4) is 0 Å². The van der Waals surface area contributed by atoms with Crippen LogP contribution in [0.3, 0.4) is 0 Å². The minimum Gasteiger partial charge on any atom is -0.352 e. The number of nitrogens with one attached hydrogen (secondary N) is 1. The van der Waals surface area contributed by atoms with E-state index in [2.05, 4.69) is 48.9 Å². The van der Waals surface area contributed by atoms with Crippen molar-refractivity contribution in [2.24, 2.45) is 11.3 Å². The first-order chi connectivity index (χ1) is 8.21. The molecule has 0 spiro atoms. The Bertz CT molecular complexity index is 435. The zero-order chi connectivity index (χ0) is 13.9. The fourth-order valence-corrected chi connectivity index (χ4v) is 1.89. The first-order valence-electron chi connectivity index (χ1n) is 6.26. The molecule has 1 N–H and O–H groups in total. The highest BCUT2D eigenvalue weighted by Gasteiger charge is 2.21. The molecular formula is C15H22BrNO. The van der Waals surface area contributed by atoms with Crippen molar-refractivity contribution in [3.05, 3.63) is 33.8 Å². The van der Waals surface area contributed by atoms with Crippen LogP contribution in [0, 0.1) is 18.3 Å². The molecular weight excluding hydrogens is 290 g/mol. The van der Waals surface area contributed by atoms with Gasteiger partial charge in [0.25, 0.3) is 5.91 Å². The smallest absolute Gasteiger partial charge is 0.252 e. The number of halogens is 1. The summed E-state index contributed by atoms with van der Waals surface area (Å²) in [5, 5.41) is 3.00. The van der Waals surface area contributed by atoms with E-state index in [0.29, 0.717) is 18.0 Å². The molecule has 0 aromatic heterocycles. The van der Waals surface area contributed by atoms with Gasteiger partial charge in [-0.1, -0.05) is 39.3 Å². The van der Waals surface area contributed by atoms with Crippen LogP contribution in [0.2, 0.25) is 0 Å². The molecule has 0 saturated heterocycles. The standard InChI is InChI=1S/C15H22BrNO/c1-10-6-7-13(16)12(8-10)14(18)17-9-11(2)15(3,4)5/h6-8,11H,9H2,1-5H3,(H,17,18). The average molecular weight is 312 g/mol. The Labute approximate surface area is 118 Å². The molecule has 0 bridgehead atoms. The number of benzene rings is 1. The van der Waals surface area contributed by atoms with Gasteiger partial charge in [0.2, 0.25) is 0 Å². The quantitative estimate of drug-likeness (QED) is 0.892. The molecule has 0 fully saturated rings. The van der Waals surface area contributed by atoms with E-state index >= 15 is 0 Å². The minimum atomic E-state index is -0.0123. The molecule has 1 amide bonds. The molecule has 0 aliphatic rings. The van der Waals surface area contributed by atoms with Crippen LogP contribution < -0.4 is 5.32 Å². The SMILES string of the molecule is Cc1ccc(Br)c(C(=O)NCC(C)C(C)(C)C)c1. The molecule has 18 heavy (non-hydrogen) atoms. The number of hydrogen-bond donors (Lipinski definition) is 1. The Hall–Kier alpha value is -0.830. The Balaban J connectivity index is 2.69. The van der Waals surface area contributed by atoms with E-state index in [1.54, 1.807) is 0 Å².